The molecule has 1 aromatic heterocycles. The molecule has 1 N–H and O–H groups in total. The second-order valence-electron chi connectivity index (χ2n) is 3.68. The van der Waals surface area contributed by atoms with E-state index in [4.69, 9.17) is 9.47 Å². The molecule has 0 saturated heterocycles. The van der Waals surface area contributed by atoms with Crippen LogP contribution in [0.3, 0.4) is 0 Å². The number of aromatic nitrogens is 2. The summed E-state index contributed by atoms with van der Waals surface area (Å²) in [6.07, 6.45) is 1.12. The molecule has 0 aliphatic carbocycles. The monoisotopic (exact) mass is 263 g/mol. The van der Waals surface area contributed by atoms with Crippen molar-refractivity contribution in [1.29, 1.82) is 0 Å². The van der Waals surface area contributed by atoms with E-state index in [1.165, 1.54) is 14.2 Å². The smallest absolute Gasteiger partial charge is 0.223 e. The van der Waals surface area contributed by atoms with Crippen LogP contribution in [-0.2, 0) is 0 Å². The number of ether oxygens (including phenoxy) is 2. The third kappa shape index (κ3) is 2.42. The van der Waals surface area contributed by atoms with E-state index in [1.807, 2.05) is 0 Å². The van der Waals surface area contributed by atoms with E-state index < -0.39 is 5.82 Å². The first-order chi connectivity index (χ1) is 9.21. The summed E-state index contributed by atoms with van der Waals surface area (Å²) in [6, 6.07) is 5.20. The predicted octanol–water partition coefficient (Wildman–Crippen LogP) is 2.34. The second kappa shape index (κ2) is 5.51. The number of para-hydroxylation sites is 1. The van der Waals surface area contributed by atoms with Crippen molar-refractivity contribution in [2.24, 2.45) is 0 Å². The van der Waals surface area contributed by atoms with Gasteiger partial charge in [-0.05, 0) is 12.1 Å². The molecule has 0 amide bonds. The molecule has 100 valence electrons. The Morgan fingerprint density at radius 1 is 1.21 bits per heavy atom. The van der Waals surface area contributed by atoms with Crippen LogP contribution < -0.4 is 14.8 Å². The zero-order valence-corrected chi connectivity index (χ0v) is 10.9. The largest absolute Gasteiger partial charge is 0.493 e. The highest BCUT2D eigenvalue weighted by atomic mass is 19.1. The Balaban J connectivity index is 2.64. The summed E-state index contributed by atoms with van der Waals surface area (Å²) in [6.45, 7) is 0. The highest BCUT2D eigenvalue weighted by Crippen LogP contribution is 2.37. The van der Waals surface area contributed by atoms with E-state index in [9.17, 15) is 4.39 Å². The lowest BCUT2D eigenvalue weighted by Gasteiger charge is -2.12. The van der Waals surface area contributed by atoms with Crippen LogP contribution in [0, 0.1) is 5.82 Å². The van der Waals surface area contributed by atoms with Crippen LogP contribution >= 0.6 is 0 Å². The van der Waals surface area contributed by atoms with Crippen LogP contribution in [0.1, 0.15) is 0 Å². The summed E-state index contributed by atoms with van der Waals surface area (Å²) in [5.74, 6) is 0.764. The van der Waals surface area contributed by atoms with Crippen molar-refractivity contribution in [3.05, 3.63) is 30.2 Å². The number of hydrogen-bond acceptors (Lipinski definition) is 5. The fourth-order valence-electron chi connectivity index (χ4n) is 1.75. The minimum Gasteiger partial charge on any atom is -0.493 e. The van der Waals surface area contributed by atoms with E-state index in [1.54, 1.807) is 25.2 Å². The van der Waals surface area contributed by atoms with Gasteiger partial charge in [-0.3, -0.25) is 0 Å². The number of nitrogens with zero attached hydrogens (tertiary/aromatic N) is 2. The molecular formula is C13H14FN3O2. The number of benzene rings is 1. The van der Waals surface area contributed by atoms with Crippen molar-refractivity contribution in [3.8, 4) is 22.8 Å². The molecule has 19 heavy (non-hydrogen) atoms. The molecule has 0 fully saturated rings. The van der Waals surface area contributed by atoms with Crippen LogP contribution in [0.4, 0.5) is 10.3 Å². The molecule has 6 heteroatoms. The molecule has 0 saturated carbocycles. The Kier molecular flexibility index (Phi) is 3.79. The van der Waals surface area contributed by atoms with Crippen LogP contribution in [-0.4, -0.2) is 31.2 Å². The van der Waals surface area contributed by atoms with E-state index in [0.29, 0.717) is 23.0 Å². The number of anilines is 1. The molecule has 0 spiro atoms. The average Bonchev–Trinajstić information content (AvgIpc) is 2.46. The predicted molar refractivity (Wildman–Crippen MR) is 70.1 cm³/mol. The zero-order valence-electron chi connectivity index (χ0n) is 10.9. The van der Waals surface area contributed by atoms with E-state index in [0.717, 1.165) is 6.20 Å². The Morgan fingerprint density at radius 2 is 2.00 bits per heavy atom. The molecule has 0 radical (unpaired) electrons. The Bertz CT molecular complexity index is 590. The molecule has 1 aromatic carbocycles. The number of halogens is 1. The Labute approximate surface area is 110 Å². The third-order valence-electron chi connectivity index (χ3n) is 2.63. The van der Waals surface area contributed by atoms with Gasteiger partial charge in [-0.15, -0.1) is 0 Å². The van der Waals surface area contributed by atoms with Crippen molar-refractivity contribution in [2.45, 2.75) is 0 Å². The fourth-order valence-corrected chi connectivity index (χ4v) is 1.75. The lowest BCUT2D eigenvalue weighted by molar-refractivity contribution is 0.356. The number of methoxy groups -OCH3 is 2. The van der Waals surface area contributed by atoms with Gasteiger partial charge in [-0.1, -0.05) is 6.07 Å². The first-order valence-corrected chi connectivity index (χ1v) is 5.63. The standard InChI is InChI=1S/C13H14FN3O2/c1-15-13-16-7-9(14)11(17-13)8-5-4-6-10(18-2)12(8)19-3/h4-7H,1-3H3,(H,15,16,17). The first-order valence-electron chi connectivity index (χ1n) is 5.63. The van der Waals surface area contributed by atoms with Gasteiger partial charge in [0.2, 0.25) is 5.95 Å². The van der Waals surface area contributed by atoms with Gasteiger partial charge in [-0.2, -0.15) is 0 Å². The van der Waals surface area contributed by atoms with Crippen LogP contribution in [0.2, 0.25) is 0 Å². The van der Waals surface area contributed by atoms with Crippen molar-refractivity contribution in [2.75, 3.05) is 26.6 Å². The molecule has 2 rings (SSSR count). The van der Waals surface area contributed by atoms with Crippen LogP contribution in [0.5, 0.6) is 11.5 Å². The maximum absolute atomic E-state index is 13.9. The summed E-state index contributed by atoms with van der Waals surface area (Å²) in [5.41, 5.74) is 0.674. The second-order valence-corrected chi connectivity index (χ2v) is 3.68. The highest BCUT2D eigenvalue weighted by molar-refractivity contribution is 5.72. The van der Waals surface area contributed by atoms with E-state index >= 15 is 0 Å². The molecular weight excluding hydrogens is 249 g/mol. The topological polar surface area (TPSA) is 56.3 Å². The Morgan fingerprint density at radius 3 is 2.63 bits per heavy atom. The summed E-state index contributed by atoms with van der Waals surface area (Å²) in [7, 11) is 4.69. The highest BCUT2D eigenvalue weighted by Gasteiger charge is 2.17. The van der Waals surface area contributed by atoms with Crippen molar-refractivity contribution < 1.29 is 13.9 Å². The minimum absolute atomic E-state index is 0.162. The number of hydrogen-bond donors (Lipinski definition) is 1. The van der Waals surface area contributed by atoms with Crippen LogP contribution in [0.15, 0.2) is 24.4 Å². The van der Waals surface area contributed by atoms with Gasteiger partial charge in [-0.25, -0.2) is 14.4 Å². The van der Waals surface area contributed by atoms with Gasteiger partial charge in [0, 0.05) is 12.6 Å². The van der Waals surface area contributed by atoms with Crippen molar-refractivity contribution in [3.63, 3.8) is 0 Å². The normalized spacial score (nSPS) is 10.1. The number of nitrogens with one attached hydrogen (secondary N) is 1. The third-order valence-corrected chi connectivity index (χ3v) is 2.63. The molecule has 0 unspecified atom stereocenters. The lowest BCUT2D eigenvalue weighted by Crippen LogP contribution is -2.01. The van der Waals surface area contributed by atoms with Gasteiger partial charge >= 0.3 is 0 Å². The zero-order chi connectivity index (χ0) is 13.8. The van der Waals surface area contributed by atoms with Gasteiger partial charge in [0.1, 0.15) is 5.69 Å². The molecule has 2 aromatic rings. The molecule has 1 heterocycles. The van der Waals surface area contributed by atoms with Crippen molar-refractivity contribution in [1.82, 2.24) is 9.97 Å². The van der Waals surface area contributed by atoms with E-state index in [2.05, 4.69) is 15.3 Å². The maximum Gasteiger partial charge on any atom is 0.223 e. The minimum atomic E-state index is -0.523. The van der Waals surface area contributed by atoms with Crippen molar-refractivity contribution >= 4 is 5.95 Å². The fraction of sp³-hybridized carbons (Fsp3) is 0.231. The molecule has 5 nitrogen and oxygen atoms in total. The lowest BCUT2D eigenvalue weighted by atomic mass is 10.1. The molecule has 0 atom stereocenters. The molecule has 0 bridgehead atoms. The average molecular weight is 263 g/mol. The Hall–Kier alpha value is -2.37. The summed E-state index contributed by atoms with van der Waals surface area (Å²) < 4.78 is 24.4. The molecule has 0 aliphatic heterocycles. The van der Waals surface area contributed by atoms with Crippen LogP contribution in [0.25, 0.3) is 11.3 Å². The summed E-state index contributed by atoms with van der Waals surface area (Å²) in [5, 5.41) is 2.77. The van der Waals surface area contributed by atoms with Gasteiger partial charge in [0.25, 0.3) is 0 Å². The summed E-state index contributed by atoms with van der Waals surface area (Å²) in [4.78, 5) is 7.92. The van der Waals surface area contributed by atoms with Gasteiger partial charge in [0.15, 0.2) is 17.3 Å². The van der Waals surface area contributed by atoms with Gasteiger partial charge in [0.05, 0.1) is 20.4 Å². The van der Waals surface area contributed by atoms with E-state index in [-0.39, 0.29) is 5.69 Å². The number of rotatable bonds is 4. The van der Waals surface area contributed by atoms with Gasteiger partial charge < -0.3 is 14.8 Å². The maximum atomic E-state index is 13.9. The SMILES string of the molecule is CNc1ncc(F)c(-c2cccc(OC)c2OC)n1. The first kappa shape index (κ1) is 13.1. The quantitative estimate of drug-likeness (QED) is 0.917. The summed E-state index contributed by atoms with van der Waals surface area (Å²) >= 11 is 0. The molecule has 0 aliphatic rings.